The third-order valence-electron chi connectivity index (χ3n) is 7.14. The van der Waals surface area contributed by atoms with Crippen LogP contribution >= 0.6 is 13.2 Å². The third kappa shape index (κ3) is 5.61. The molecule has 1 unspecified atom stereocenters. The van der Waals surface area contributed by atoms with Crippen LogP contribution in [0.15, 0.2) is 146 Å². The standard InChI is InChI=1S/C34H29NOP2S/c35-26-34(38(39,32-21-9-3-10-22-32)33-23-11-4-12-24-33)25-28-15-13-14-16-29(28)27-37(36,30-17-5-1-6-18-30)31-19-7-2-8-20-31/h1-24,34H,25,27H2. The summed E-state index contributed by atoms with van der Waals surface area (Å²) in [6, 6.07) is 47.9. The molecule has 0 heterocycles. The zero-order valence-electron chi connectivity index (χ0n) is 21.5. The van der Waals surface area contributed by atoms with Gasteiger partial charge in [0.2, 0.25) is 0 Å². The van der Waals surface area contributed by atoms with Gasteiger partial charge >= 0.3 is 0 Å². The van der Waals surface area contributed by atoms with E-state index in [2.05, 4.69) is 42.5 Å². The van der Waals surface area contributed by atoms with E-state index in [1.54, 1.807) is 0 Å². The fourth-order valence-corrected chi connectivity index (χ4v) is 11.8. The molecular formula is C34H29NOP2S. The largest absolute Gasteiger partial charge is 0.313 e. The minimum absolute atomic E-state index is 0.384. The van der Waals surface area contributed by atoms with E-state index in [0.717, 1.165) is 32.3 Å². The molecule has 0 aliphatic rings. The summed E-state index contributed by atoms with van der Waals surface area (Å²) in [7, 11) is -2.98. The maximum atomic E-state index is 14.9. The van der Waals surface area contributed by atoms with Crippen molar-refractivity contribution in [2.45, 2.75) is 18.2 Å². The van der Waals surface area contributed by atoms with Crippen molar-refractivity contribution in [3.63, 3.8) is 0 Å². The van der Waals surface area contributed by atoms with Gasteiger partial charge in [-0.25, -0.2) is 0 Å². The summed E-state index contributed by atoms with van der Waals surface area (Å²) in [5.74, 6) is 0. The lowest BCUT2D eigenvalue weighted by Gasteiger charge is -2.29. The zero-order valence-corrected chi connectivity index (χ0v) is 24.1. The molecule has 5 aromatic carbocycles. The van der Waals surface area contributed by atoms with Gasteiger partial charge in [0, 0.05) is 22.8 Å². The molecule has 2 nitrogen and oxygen atoms in total. The Morgan fingerprint density at radius 2 is 0.923 bits per heavy atom. The maximum Gasteiger partial charge on any atom is 0.147 e. The molecule has 5 heteroatoms. The second-order valence-electron chi connectivity index (χ2n) is 9.52. The van der Waals surface area contributed by atoms with Crippen LogP contribution in [0.3, 0.4) is 0 Å². The zero-order chi connectivity index (χ0) is 27.1. The number of nitriles is 1. The van der Waals surface area contributed by atoms with Gasteiger partial charge in [0.05, 0.1) is 11.7 Å². The summed E-state index contributed by atoms with van der Waals surface area (Å²) < 4.78 is 14.9. The lowest BCUT2D eigenvalue weighted by atomic mass is 10.0. The molecule has 192 valence electrons. The average molecular weight is 562 g/mol. The Kier molecular flexibility index (Phi) is 8.40. The predicted octanol–water partition coefficient (Wildman–Crippen LogP) is 6.77. The maximum absolute atomic E-state index is 14.9. The summed E-state index contributed by atoms with van der Waals surface area (Å²) in [5, 5.41) is 14.3. The molecule has 0 spiro atoms. The van der Waals surface area contributed by atoms with Crippen LogP contribution in [0.2, 0.25) is 0 Å². The van der Waals surface area contributed by atoms with Crippen LogP contribution in [0.5, 0.6) is 0 Å². The van der Waals surface area contributed by atoms with Gasteiger partial charge in [-0.05, 0) is 28.2 Å². The summed E-state index contributed by atoms with van der Waals surface area (Å²) in [6.45, 7) is 0. The smallest absolute Gasteiger partial charge is 0.147 e. The molecular weight excluding hydrogens is 532 g/mol. The van der Waals surface area contributed by atoms with E-state index >= 15 is 0 Å². The molecule has 0 aliphatic heterocycles. The van der Waals surface area contributed by atoms with Crippen LogP contribution in [0.25, 0.3) is 0 Å². The van der Waals surface area contributed by atoms with E-state index in [1.165, 1.54) is 0 Å². The summed E-state index contributed by atoms with van der Waals surface area (Å²) in [4.78, 5) is 0. The number of nitrogens with zero attached hydrogens (tertiary/aromatic N) is 1. The Morgan fingerprint density at radius 3 is 1.33 bits per heavy atom. The quantitative estimate of drug-likeness (QED) is 0.187. The molecule has 0 bridgehead atoms. The molecule has 0 saturated heterocycles. The first-order valence-corrected chi connectivity index (χ1v) is 17.7. The van der Waals surface area contributed by atoms with E-state index < -0.39 is 18.8 Å². The minimum atomic E-state index is -2.98. The van der Waals surface area contributed by atoms with E-state index in [9.17, 15) is 9.83 Å². The van der Waals surface area contributed by atoms with E-state index in [-0.39, 0.29) is 0 Å². The topological polar surface area (TPSA) is 40.9 Å². The molecule has 0 saturated carbocycles. The van der Waals surface area contributed by atoms with Crippen LogP contribution in [0.4, 0.5) is 0 Å². The van der Waals surface area contributed by atoms with Gasteiger partial charge < -0.3 is 4.57 Å². The summed E-state index contributed by atoms with van der Waals surface area (Å²) in [6.07, 6.45) is 0.881. The first-order valence-electron chi connectivity index (χ1n) is 12.9. The highest BCUT2D eigenvalue weighted by atomic mass is 32.4. The Balaban J connectivity index is 1.58. The van der Waals surface area contributed by atoms with Gasteiger partial charge in [-0.15, -0.1) is 0 Å². The van der Waals surface area contributed by atoms with Gasteiger partial charge in [0.25, 0.3) is 0 Å². The highest BCUT2D eigenvalue weighted by Gasteiger charge is 2.34. The van der Waals surface area contributed by atoms with Gasteiger partial charge in [0.15, 0.2) is 0 Å². The summed E-state index contributed by atoms with van der Waals surface area (Å²) in [5.41, 5.74) is 1.61. The molecule has 0 fully saturated rings. The van der Waals surface area contributed by atoms with Gasteiger partial charge in [-0.3, -0.25) is 0 Å². The van der Waals surface area contributed by atoms with Crippen molar-refractivity contribution in [2.24, 2.45) is 0 Å². The van der Waals surface area contributed by atoms with E-state index in [1.807, 2.05) is 109 Å². The second kappa shape index (κ2) is 12.1. The molecule has 5 rings (SSSR count). The molecule has 0 amide bonds. The lowest BCUT2D eigenvalue weighted by Crippen LogP contribution is -2.26. The Bertz CT molecular complexity index is 1580. The molecule has 0 N–H and O–H groups in total. The first kappa shape index (κ1) is 27.1. The van der Waals surface area contributed by atoms with Crippen molar-refractivity contribution in [1.29, 1.82) is 5.26 Å². The Hall–Kier alpha value is -3.53. The van der Waals surface area contributed by atoms with Gasteiger partial charge in [0.1, 0.15) is 7.14 Å². The molecule has 0 radical (unpaired) electrons. The lowest BCUT2D eigenvalue weighted by molar-refractivity contribution is 0.586. The number of hydrogen-bond acceptors (Lipinski definition) is 3. The molecule has 39 heavy (non-hydrogen) atoms. The van der Waals surface area contributed by atoms with Crippen LogP contribution in [0, 0.1) is 11.3 Å². The molecule has 1 atom stereocenters. The number of hydrogen-bond donors (Lipinski definition) is 0. The van der Waals surface area contributed by atoms with Crippen molar-refractivity contribution in [2.75, 3.05) is 0 Å². The predicted molar refractivity (Wildman–Crippen MR) is 169 cm³/mol. The summed E-state index contributed by atoms with van der Waals surface area (Å²) >= 11 is 6.49. The fraction of sp³-hybridized carbons (Fsp3) is 0.0882. The number of rotatable bonds is 9. The van der Waals surface area contributed by atoms with Crippen LogP contribution in [-0.4, -0.2) is 5.66 Å². The third-order valence-corrected chi connectivity index (χ3v) is 15.5. The highest BCUT2D eigenvalue weighted by molar-refractivity contribution is 8.22. The monoisotopic (exact) mass is 561 g/mol. The van der Waals surface area contributed by atoms with Crippen molar-refractivity contribution < 1.29 is 4.57 Å². The molecule has 5 aromatic rings. The second-order valence-corrected chi connectivity index (χ2v) is 17.0. The van der Waals surface area contributed by atoms with Crippen molar-refractivity contribution in [1.82, 2.24) is 0 Å². The Labute approximate surface area is 236 Å². The normalized spacial score (nSPS) is 12.4. The first-order chi connectivity index (χ1) is 19.1. The highest BCUT2D eigenvalue weighted by Crippen LogP contribution is 2.51. The van der Waals surface area contributed by atoms with Crippen LogP contribution < -0.4 is 21.2 Å². The van der Waals surface area contributed by atoms with Crippen molar-refractivity contribution in [3.8, 4) is 6.07 Å². The molecule has 0 aliphatic carbocycles. The number of benzene rings is 5. The minimum Gasteiger partial charge on any atom is -0.313 e. The Morgan fingerprint density at radius 1 is 0.564 bits per heavy atom. The van der Waals surface area contributed by atoms with E-state index in [4.69, 9.17) is 11.8 Å². The average Bonchev–Trinajstić information content (AvgIpc) is 3.02. The van der Waals surface area contributed by atoms with E-state index in [0.29, 0.717) is 12.6 Å². The molecule has 0 aromatic heterocycles. The van der Waals surface area contributed by atoms with Gasteiger partial charge in [-0.1, -0.05) is 157 Å². The van der Waals surface area contributed by atoms with Crippen LogP contribution in [-0.2, 0) is 29.0 Å². The van der Waals surface area contributed by atoms with Crippen LogP contribution in [0.1, 0.15) is 11.1 Å². The van der Waals surface area contributed by atoms with Crippen molar-refractivity contribution in [3.05, 3.63) is 157 Å². The van der Waals surface area contributed by atoms with Gasteiger partial charge in [-0.2, -0.15) is 5.26 Å². The SMILES string of the molecule is N#CC(Cc1ccccc1CP(=O)(c1ccccc1)c1ccccc1)P(=S)(c1ccccc1)c1ccccc1. The fourth-order valence-electron chi connectivity index (χ4n) is 5.09. The van der Waals surface area contributed by atoms with Crippen molar-refractivity contribution >= 4 is 46.2 Å².